The van der Waals surface area contributed by atoms with Gasteiger partial charge in [-0.05, 0) is 37.4 Å². The Kier molecular flexibility index (Phi) is 4.63. The third kappa shape index (κ3) is 3.60. The Morgan fingerprint density at radius 1 is 1.32 bits per heavy atom. The molecule has 0 amide bonds. The number of piperidine rings is 1. The highest BCUT2D eigenvalue weighted by Gasteiger charge is 2.15. The molecule has 0 bridgehead atoms. The molecule has 0 aromatic carbocycles. The maximum absolute atomic E-state index is 4.69. The van der Waals surface area contributed by atoms with Gasteiger partial charge in [-0.25, -0.2) is 9.97 Å². The van der Waals surface area contributed by atoms with Crippen LogP contribution in [0.4, 0.5) is 5.82 Å². The van der Waals surface area contributed by atoms with Gasteiger partial charge in [-0.15, -0.1) is 0 Å². The minimum Gasteiger partial charge on any atom is -0.366 e. The van der Waals surface area contributed by atoms with Gasteiger partial charge in [0.2, 0.25) is 0 Å². The van der Waals surface area contributed by atoms with Gasteiger partial charge in [0.25, 0.3) is 0 Å². The number of aromatic nitrogens is 3. The molecule has 3 rings (SSSR count). The number of nitrogens with zero attached hydrogens (tertiary/aromatic N) is 3. The van der Waals surface area contributed by atoms with Crippen molar-refractivity contribution in [3.05, 3.63) is 36.3 Å². The van der Waals surface area contributed by atoms with Gasteiger partial charge in [-0.3, -0.25) is 4.98 Å². The summed E-state index contributed by atoms with van der Waals surface area (Å²) in [6, 6.07) is 6.42. The molecule has 0 radical (unpaired) electrons. The molecule has 1 aliphatic heterocycles. The topological polar surface area (TPSA) is 62.7 Å². The van der Waals surface area contributed by atoms with E-state index in [1.54, 1.807) is 6.20 Å². The summed E-state index contributed by atoms with van der Waals surface area (Å²) in [7, 11) is 0. The van der Waals surface area contributed by atoms with Crippen LogP contribution in [0, 0.1) is 0 Å². The van der Waals surface area contributed by atoms with Crippen molar-refractivity contribution in [2.75, 3.05) is 18.4 Å². The van der Waals surface area contributed by atoms with Crippen LogP contribution in [0.3, 0.4) is 0 Å². The number of nitrogens with one attached hydrogen (secondary N) is 2. The van der Waals surface area contributed by atoms with E-state index in [2.05, 4.69) is 40.5 Å². The van der Waals surface area contributed by atoms with E-state index < -0.39 is 0 Å². The van der Waals surface area contributed by atoms with Gasteiger partial charge in [-0.2, -0.15) is 0 Å². The molecule has 3 heterocycles. The molecule has 5 heteroatoms. The van der Waals surface area contributed by atoms with Gasteiger partial charge in [0.15, 0.2) is 5.82 Å². The van der Waals surface area contributed by atoms with Gasteiger partial charge in [0.05, 0.1) is 0 Å². The first-order chi connectivity index (χ1) is 10.7. The quantitative estimate of drug-likeness (QED) is 0.908. The number of rotatable bonds is 4. The van der Waals surface area contributed by atoms with E-state index >= 15 is 0 Å². The molecule has 0 saturated carbocycles. The second-order valence-electron chi connectivity index (χ2n) is 6.09. The van der Waals surface area contributed by atoms with Crippen molar-refractivity contribution in [1.82, 2.24) is 20.3 Å². The van der Waals surface area contributed by atoms with E-state index in [1.807, 2.05) is 18.3 Å². The van der Waals surface area contributed by atoms with Crippen molar-refractivity contribution in [2.24, 2.45) is 0 Å². The van der Waals surface area contributed by atoms with Gasteiger partial charge in [-0.1, -0.05) is 13.8 Å². The zero-order valence-electron chi connectivity index (χ0n) is 13.2. The number of hydrogen-bond acceptors (Lipinski definition) is 5. The van der Waals surface area contributed by atoms with Crippen molar-refractivity contribution in [3.63, 3.8) is 0 Å². The molecule has 2 aromatic rings. The molecule has 5 nitrogen and oxygen atoms in total. The highest BCUT2D eigenvalue weighted by molar-refractivity contribution is 5.56. The summed E-state index contributed by atoms with van der Waals surface area (Å²) in [5.41, 5.74) is 2.01. The lowest BCUT2D eigenvalue weighted by Crippen LogP contribution is -2.38. The average molecular weight is 297 g/mol. The number of anilines is 1. The van der Waals surface area contributed by atoms with Crippen LogP contribution >= 0.6 is 0 Å². The molecule has 22 heavy (non-hydrogen) atoms. The minimum atomic E-state index is 0.364. The van der Waals surface area contributed by atoms with Crippen LogP contribution < -0.4 is 10.6 Å². The summed E-state index contributed by atoms with van der Waals surface area (Å²) in [5, 5.41) is 6.98. The van der Waals surface area contributed by atoms with E-state index in [9.17, 15) is 0 Å². The first kappa shape index (κ1) is 14.9. The summed E-state index contributed by atoms with van der Waals surface area (Å²) in [6.45, 7) is 6.41. The minimum absolute atomic E-state index is 0.364. The molecular weight excluding hydrogens is 274 g/mol. The summed E-state index contributed by atoms with van der Waals surface area (Å²) in [4.78, 5) is 13.6. The van der Waals surface area contributed by atoms with Crippen LogP contribution in [-0.4, -0.2) is 34.1 Å². The summed E-state index contributed by atoms with van der Waals surface area (Å²) in [6.07, 6.45) is 5.96. The molecule has 1 unspecified atom stereocenters. The number of pyridine rings is 1. The van der Waals surface area contributed by atoms with E-state index in [0.29, 0.717) is 12.0 Å². The molecule has 1 saturated heterocycles. The molecule has 116 valence electrons. The first-order valence-electron chi connectivity index (χ1n) is 7.99. The Bertz CT molecular complexity index is 606. The second kappa shape index (κ2) is 6.83. The van der Waals surface area contributed by atoms with Crippen LogP contribution in [0.25, 0.3) is 11.4 Å². The maximum atomic E-state index is 4.69. The Labute approximate surface area is 131 Å². The van der Waals surface area contributed by atoms with E-state index in [-0.39, 0.29) is 0 Å². The lowest BCUT2D eigenvalue weighted by atomic mass is 10.1. The Morgan fingerprint density at radius 3 is 2.91 bits per heavy atom. The number of hydrogen-bond donors (Lipinski definition) is 2. The lowest BCUT2D eigenvalue weighted by Gasteiger charge is -2.24. The van der Waals surface area contributed by atoms with Crippen molar-refractivity contribution in [1.29, 1.82) is 0 Å². The Hall–Kier alpha value is -2.01. The molecule has 1 fully saturated rings. The third-order valence-electron chi connectivity index (χ3n) is 3.91. The zero-order valence-corrected chi connectivity index (χ0v) is 13.2. The van der Waals surface area contributed by atoms with Crippen molar-refractivity contribution in [3.8, 4) is 11.4 Å². The van der Waals surface area contributed by atoms with E-state index in [4.69, 9.17) is 4.98 Å². The predicted octanol–water partition coefficient (Wildman–Crippen LogP) is 2.83. The van der Waals surface area contributed by atoms with Gasteiger partial charge in [0, 0.05) is 42.3 Å². The summed E-state index contributed by atoms with van der Waals surface area (Å²) in [5.74, 6) is 2.01. The van der Waals surface area contributed by atoms with Crippen LogP contribution in [0.1, 0.15) is 38.3 Å². The molecule has 1 aliphatic rings. The van der Waals surface area contributed by atoms with E-state index in [0.717, 1.165) is 36.0 Å². The molecule has 0 spiro atoms. The van der Waals surface area contributed by atoms with Crippen LogP contribution in [0.15, 0.2) is 30.6 Å². The van der Waals surface area contributed by atoms with E-state index in [1.165, 1.54) is 12.8 Å². The highest BCUT2D eigenvalue weighted by atomic mass is 15.1. The average Bonchev–Trinajstić information content (AvgIpc) is 2.56. The lowest BCUT2D eigenvalue weighted by molar-refractivity contribution is 0.479. The summed E-state index contributed by atoms with van der Waals surface area (Å²) < 4.78 is 0. The van der Waals surface area contributed by atoms with Crippen molar-refractivity contribution >= 4 is 5.82 Å². The fourth-order valence-electron chi connectivity index (χ4n) is 2.64. The van der Waals surface area contributed by atoms with Crippen LogP contribution in [-0.2, 0) is 0 Å². The van der Waals surface area contributed by atoms with Gasteiger partial charge < -0.3 is 10.6 Å². The predicted molar refractivity (Wildman–Crippen MR) is 88.9 cm³/mol. The Balaban J connectivity index is 1.90. The fourth-order valence-corrected chi connectivity index (χ4v) is 2.64. The zero-order chi connectivity index (χ0) is 15.4. The van der Waals surface area contributed by atoms with Crippen molar-refractivity contribution < 1.29 is 0 Å². The smallest absolute Gasteiger partial charge is 0.163 e. The largest absolute Gasteiger partial charge is 0.366 e. The Morgan fingerprint density at radius 2 is 2.23 bits per heavy atom. The molecule has 1 atom stereocenters. The van der Waals surface area contributed by atoms with Crippen molar-refractivity contribution in [2.45, 2.75) is 38.6 Å². The molecular formula is C17H23N5. The SMILES string of the molecule is CC(C)c1cc(NC2CCCNC2)nc(-c2cccnc2)n1. The van der Waals surface area contributed by atoms with Gasteiger partial charge in [0.1, 0.15) is 5.82 Å². The molecule has 2 N–H and O–H groups in total. The maximum Gasteiger partial charge on any atom is 0.163 e. The van der Waals surface area contributed by atoms with Crippen LogP contribution in [0.2, 0.25) is 0 Å². The monoisotopic (exact) mass is 297 g/mol. The van der Waals surface area contributed by atoms with Gasteiger partial charge >= 0.3 is 0 Å². The van der Waals surface area contributed by atoms with Crippen LogP contribution in [0.5, 0.6) is 0 Å². The molecule has 2 aromatic heterocycles. The first-order valence-corrected chi connectivity index (χ1v) is 7.99. The summed E-state index contributed by atoms with van der Waals surface area (Å²) >= 11 is 0. The highest BCUT2D eigenvalue weighted by Crippen LogP contribution is 2.22. The normalized spacial score (nSPS) is 18.4. The fraction of sp³-hybridized carbons (Fsp3) is 0.471. The second-order valence-corrected chi connectivity index (χ2v) is 6.09. The standard InChI is InChI=1S/C17H23N5/c1-12(2)15-9-16(20-14-6-4-8-19-11-14)22-17(21-15)13-5-3-7-18-10-13/h3,5,7,9-10,12,14,19H,4,6,8,11H2,1-2H3,(H,20,21,22). The molecule has 0 aliphatic carbocycles. The third-order valence-corrected chi connectivity index (χ3v) is 3.91.